The highest BCUT2D eigenvalue weighted by Gasteiger charge is 2.11. The number of nitrogens with two attached hydrogens (primary N) is 1. The summed E-state index contributed by atoms with van der Waals surface area (Å²) in [6.45, 7) is 4.28. The second-order valence-corrected chi connectivity index (χ2v) is 4.21. The minimum Gasteiger partial charge on any atom is -0.469 e. The van der Waals surface area contributed by atoms with Crippen LogP contribution in [0.4, 0.5) is 0 Å². The summed E-state index contributed by atoms with van der Waals surface area (Å²) in [5, 5.41) is 0. The maximum atomic E-state index is 11.1. The van der Waals surface area contributed by atoms with Crippen molar-refractivity contribution in [1.29, 1.82) is 0 Å². The maximum Gasteiger partial charge on any atom is 0.307 e. The smallest absolute Gasteiger partial charge is 0.307 e. The van der Waals surface area contributed by atoms with Crippen LogP contribution < -0.4 is 5.73 Å². The van der Waals surface area contributed by atoms with E-state index in [1.165, 1.54) is 12.7 Å². The van der Waals surface area contributed by atoms with E-state index in [1.807, 2.05) is 12.1 Å². The van der Waals surface area contributed by atoms with Crippen molar-refractivity contribution in [2.75, 3.05) is 7.11 Å². The van der Waals surface area contributed by atoms with E-state index in [9.17, 15) is 4.79 Å². The molecule has 0 heterocycles. The molecule has 2 N–H and O–H groups in total. The fourth-order valence-electron chi connectivity index (χ4n) is 1.51. The topological polar surface area (TPSA) is 52.3 Å². The Morgan fingerprint density at radius 3 is 2.19 bits per heavy atom. The van der Waals surface area contributed by atoms with E-state index >= 15 is 0 Å². The van der Waals surface area contributed by atoms with Gasteiger partial charge in [0, 0.05) is 6.04 Å². The van der Waals surface area contributed by atoms with Crippen molar-refractivity contribution in [2.45, 2.75) is 32.2 Å². The predicted octanol–water partition coefficient (Wildman–Crippen LogP) is 2.37. The van der Waals surface area contributed by atoms with Crippen LogP contribution >= 0.6 is 0 Å². The Balaban J connectivity index is 2.70. The summed E-state index contributed by atoms with van der Waals surface area (Å²) in [4.78, 5) is 11.1. The molecule has 0 spiro atoms. The molecule has 0 amide bonds. The molecule has 0 saturated heterocycles. The fraction of sp³-hybridized carbons (Fsp3) is 0.462. The van der Waals surface area contributed by atoms with Crippen LogP contribution in [0.2, 0.25) is 0 Å². The minimum absolute atomic E-state index is 0.220. The van der Waals surface area contributed by atoms with Crippen LogP contribution in [0.25, 0.3) is 0 Å². The zero-order valence-corrected chi connectivity index (χ0v) is 10.1. The number of hydrogen-bond donors (Lipinski definition) is 1. The monoisotopic (exact) mass is 221 g/mol. The molecule has 1 atom stereocenters. The van der Waals surface area contributed by atoms with Gasteiger partial charge in [0.25, 0.3) is 0 Å². The van der Waals surface area contributed by atoms with Crippen LogP contribution in [0, 0.1) is 0 Å². The van der Waals surface area contributed by atoms with Gasteiger partial charge in [-0.05, 0) is 17.0 Å². The molecule has 0 bridgehead atoms. The largest absolute Gasteiger partial charge is 0.469 e. The van der Waals surface area contributed by atoms with E-state index in [0.29, 0.717) is 5.92 Å². The van der Waals surface area contributed by atoms with Gasteiger partial charge < -0.3 is 10.5 Å². The second-order valence-electron chi connectivity index (χ2n) is 4.21. The Hall–Kier alpha value is -1.35. The molecule has 0 aliphatic carbocycles. The van der Waals surface area contributed by atoms with Gasteiger partial charge >= 0.3 is 5.97 Å². The van der Waals surface area contributed by atoms with Crippen molar-refractivity contribution in [1.82, 2.24) is 0 Å². The molecule has 1 aromatic rings. The van der Waals surface area contributed by atoms with E-state index in [2.05, 4.69) is 30.7 Å². The van der Waals surface area contributed by atoms with Crippen LogP contribution in [0.1, 0.15) is 43.4 Å². The van der Waals surface area contributed by atoms with Gasteiger partial charge in [0.05, 0.1) is 13.5 Å². The van der Waals surface area contributed by atoms with E-state index in [1.54, 1.807) is 0 Å². The zero-order chi connectivity index (χ0) is 12.1. The number of methoxy groups -OCH3 is 1. The Morgan fingerprint density at radius 2 is 1.75 bits per heavy atom. The summed E-state index contributed by atoms with van der Waals surface area (Å²) in [6.07, 6.45) is 0.220. The zero-order valence-electron chi connectivity index (χ0n) is 10.1. The molecule has 16 heavy (non-hydrogen) atoms. The Kier molecular flexibility index (Phi) is 4.50. The summed E-state index contributed by atoms with van der Waals surface area (Å²) in [7, 11) is 1.37. The second kappa shape index (κ2) is 5.66. The summed E-state index contributed by atoms with van der Waals surface area (Å²) in [5.74, 6) is 0.228. The molecule has 88 valence electrons. The third-order valence-corrected chi connectivity index (χ3v) is 2.65. The Labute approximate surface area is 96.6 Å². The van der Waals surface area contributed by atoms with Crippen molar-refractivity contribution >= 4 is 5.97 Å². The van der Waals surface area contributed by atoms with Gasteiger partial charge in [0.2, 0.25) is 0 Å². The van der Waals surface area contributed by atoms with Gasteiger partial charge in [0.1, 0.15) is 0 Å². The van der Waals surface area contributed by atoms with Gasteiger partial charge in [0.15, 0.2) is 0 Å². The molecule has 0 aromatic heterocycles. The number of carbonyl (C=O) groups excluding carboxylic acids is 1. The Morgan fingerprint density at radius 1 is 1.25 bits per heavy atom. The molecule has 1 aromatic carbocycles. The molecule has 0 aliphatic heterocycles. The first kappa shape index (κ1) is 12.7. The molecular weight excluding hydrogens is 202 g/mol. The molecule has 0 aliphatic rings. The van der Waals surface area contributed by atoms with E-state index in [-0.39, 0.29) is 18.4 Å². The lowest BCUT2D eigenvalue weighted by Crippen LogP contribution is -2.16. The normalized spacial score (nSPS) is 12.6. The molecule has 0 saturated carbocycles. The lowest BCUT2D eigenvalue weighted by molar-refractivity contribution is -0.141. The summed E-state index contributed by atoms with van der Waals surface area (Å²) in [5.41, 5.74) is 8.14. The number of esters is 1. The third kappa shape index (κ3) is 3.35. The van der Waals surface area contributed by atoms with E-state index in [4.69, 9.17) is 5.73 Å². The van der Waals surface area contributed by atoms with Crippen LogP contribution in [-0.2, 0) is 9.53 Å². The lowest BCUT2D eigenvalue weighted by atomic mass is 9.98. The fourth-order valence-corrected chi connectivity index (χ4v) is 1.51. The van der Waals surface area contributed by atoms with Crippen molar-refractivity contribution < 1.29 is 9.53 Å². The summed E-state index contributed by atoms with van der Waals surface area (Å²) >= 11 is 0. The van der Waals surface area contributed by atoms with Crippen LogP contribution in [0.3, 0.4) is 0 Å². The first-order chi connectivity index (χ1) is 7.54. The lowest BCUT2D eigenvalue weighted by Gasteiger charge is -2.12. The molecule has 0 radical (unpaired) electrons. The van der Waals surface area contributed by atoms with Gasteiger partial charge in [-0.2, -0.15) is 0 Å². The number of ether oxygens (including phenoxy) is 1. The van der Waals surface area contributed by atoms with E-state index in [0.717, 1.165) is 5.56 Å². The number of carbonyl (C=O) groups is 1. The first-order valence-electron chi connectivity index (χ1n) is 5.47. The summed E-state index contributed by atoms with van der Waals surface area (Å²) < 4.78 is 4.59. The SMILES string of the molecule is COC(=O)C[C@H](N)c1ccc(C(C)C)cc1. The highest BCUT2D eigenvalue weighted by molar-refractivity contribution is 5.70. The standard InChI is InChI=1S/C13H19NO2/c1-9(2)10-4-6-11(7-5-10)12(14)8-13(15)16-3/h4-7,9,12H,8,14H2,1-3H3/t12-/m0/s1. The van der Waals surface area contributed by atoms with Crippen molar-refractivity contribution in [3.05, 3.63) is 35.4 Å². The molecule has 3 heteroatoms. The van der Waals surface area contributed by atoms with E-state index < -0.39 is 0 Å². The highest BCUT2D eigenvalue weighted by Crippen LogP contribution is 2.19. The molecular formula is C13H19NO2. The van der Waals surface area contributed by atoms with Crippen molar-refractivity contribution in [2.24, 2.45) is 5.73 Å². The summed E-state index contributed by atoms with van der Waals surface area (Å²) in [6, 6.07) is 7.77. The Bertz CT molecular complexity index is 343. The van der Waals surface area contributed by atoms with Gasteiger partial charge in [-0.3, -0.25) is 4.79 Å². The van der Waals surface area contributed by atoms with Crippen LogP contribution in [0.5, 0.6) is 0 Å². The maximum absolute atomic E-state index is 11.1. The van der Waals surface area contributed by atoms with Crippen molar-refractivity contribution in [3.63, 3.8) is 0 Å². The minimum atomic E-state index is -0.284. The quantitative estimate of drug-likeness (QED) is 0.794. The van der Waals surface area contributed by atoms with Crippen LogP contribution in [-0.4, -0.2) is 13.1 Å². The average Bonchev–Trinajstić information content (AvgIpc) is 2.28. The average molecular weight is 221 g/mol. The molecule has 3 nitrogen and oxygen atoms in total. The number of rotatable bonds is 4. The van der Waals surface area contributed by atoms with Gasteiger partial charge in [-0.1, -0.05) is 38.1 Å². The molecule has 0 fully saturated rings. The van der Waals surface area contributed by atoms with Crippen molar-refractivity contribution in [3.8, 4) is 0 Å². The van der Waals surface area contributed by atoms with Crippen LogP contribution in [0.15, 0.2) is 24.3 Å². The first-order valence-corrected chi connectivity index (χ1v) is 5.47. The highest BCUT2D eigenvalue weighted by atomic mass is 16.5. The predicted molar refractivity (Wildman–Crippen MR) is 64.1 cm³/mol. The number of benzene rings is 1. The molecule has 1 rings (SSSR count). The van der Waals surface area contributed by atoms with Gasteiger partial charge in [-0.25, -0.2) is 0 Å². The third-order valence-electron chi connectivity index (χ3n) is 2.65. The van der Waals surface area contributed by atoms with Gasteiger partial charge in [-0.15, -0.1) is 0 Å². The molecule has 0 unspecified atom stereocenters. The number of hydrogen-bond acceptors (Lipinski definition) is 3.